The predicted molar refractivity (Wildman–Crippen MR) is 77.7 cm³/mol. The quantitative estimate of drug-likeness (QED) is 0.787. The van der Waals surface area contributed by atoms with Gasteiger partial charge in [0.25, 0.3) is 0 Å². The topological polar surface area (TPSA) is 39.7 Å². The van der Waals surface area contributed by atoms with Gasteiger partial charge < -0.3 is 19.5 Å². The molecule has 1 spiro atoms. The molecule has 0 aromatic rings. The Labute approximate surface area is 122 Å². The lowest BCUT2D eigenvalue weighted by Crippen LogP contribution is -2.43. The largest absolute Gasteiger partial charge is 0.377 e. The van der Waals surface area contributed by atoms with Crippen LogP contribution in [-0.2, 0) is 14.2 Å². The molecule has 0 atom stereocenters. The Morgan fingerprint density at radius 3 is 2.35 bits per heavy atom. The molecule has 2 saturated carbocycles. The molecule has 0 radical (unpaired) electrons. The molecule has 116 valence electrons. The minimum absolute atomic E-state index is 0.225. The van der Waals surface area contributed by atoms with E-state index in [0.29, 0.717) is 12.1 Å². The van der Waals surface area contributed by atoms with Crippen LogP contribution >= 0.6 is 0 Å². The van der Waals surface area contributed by atoms with Crippen LogP contribution in [0.15, 0.2) is 0 Å². The van der Waals surface area contributed by atoms with E-state index in [0.717, 1.165) is 52.0 Å². The van der Waals surface area contributed by atoms with E-state index < -0.39 is 0 Å². The van der Waals surface area contributed by atoms with Gasteiger partial charge >= 0.3 is 0 Å². The summed E-state index contributed by atoms with van der Waals surface area (Å²) < 4.78 is 17.5. The van der Waals surface area contributed by atoms with E-state index in [2.05, 4.69) is 5.32 Å². The lowest BCUT2D eigenvalue weighted by atomic mass is 9.90. The highest BCUT2D eigenvalue weighted by Gasteiger charge is 2.40. The second kappa shape index (κ2) is 7.21. The lowest BCUT2D eigenvalue weighted by molar-refractivity contribution is -0.179. The molecule has 0 unspecified atom stereocenters. The fourth-order valence-electron chi connectivity index (χ4n) is 3.77. The first-order valence-electron chi connectivity index (χ1n) is 8.49. The molecular weight excluding hydrogens is 254 g/mol. The van der Waals surface area contributed by atoms with Crippen LogP contribution < -0.4 is 5.32 Å². The normalized spacial score (nSPS) is 28.2. The maximum atomic E-state index is 5.96. The molecule has 1 heterocycles. The Balaban J connectivity index is 1.26. The van der Waals surface area contributed by atoms with Gasteiger partial charge in [-0.15, -0.1) is 0 Å². The third-order valence-electron chi connectivity index (χ3n) is 5.00. The molecule has 20 heavy (non-hydrogen) atoms. The maximum absolute atomic E-state index is 5.96. The van der Waals surface area contributed by atoms with Crippen molar-refractivity contribution in [3.8, 4) is 0 Å². The van der Waals surface area contributed by atoms with E-state index in [9.17, 15) is 0 Å². The van der Waals surface area contributed by atoms with Crippen LogP contribution in [0.4, 0.5) is 0 Å². The predicted octanol–water partition coefficient (Wildman–Crippen LogP) is 2.61. The van der Waals surface area contributed by atoms with Crippen LogP contribution in [0.25, 0.3) is 0 Å². The van der Waals surface area contributed by atoms with E-state index in [1.165, 1.54) is 32.1 Å². The highest BCUT2D eigenvalue weighted by molar-refractivity contribution is 4.85. The molecule has 1 saturated heterocycles. The summed E-state index contributed by atoms with van der Waals surface area (Å²) in [5.74, 6) is -0.225. The molecule has 3 aliphatic rings. The number of ether oxygens (including phenoxy) is 3. The summed E-state index contributed by atoms with van der Waals surface area (Å²) in [6, 6.07) is 0.614. The molecule has 3 rings (SSSR count). The Hall–Kier alpha value is -0.160. The van der Waals surface area contributed by atoms with E-state index in [1.807, 2.05) is 0 Å². The molecular formula is C16H29NO3. The van der Waals surface area contributed by atoms with Crippen molar-refractivity contribution in [3.63, 3.8) is 0 Å². The number of nitrogens with one attached hydrogen (secondary N) is 1. The van der Waals surface area contributed by atoms with Gasteiger partial charge in [0, 0.05) is 25.4 Å². The van der Waals surface area contributed by atoms with Crippen molar-refractivity contribution in [1.82, 2.24) is 5.32 Å². The summed E-state index contributed by atoms with van der Waals surface area (Å²) in [4.78, 5) is 0. The van der Waals surface area contributed by atoms with Gasteiger partial charge in [-0.3, -0.25) is 0 Å². The van der Waals surface area contributed by atoms with Crippen LogP contribution in [0.3, 0.4) is 0 Å². The van der Waals surface area contributed by atoms with E-state index in [4.69, 9.17) is 14.2 Å². The first-order valence-corrected chi connectivity index (χ1v) is 8.49. The standard InChI is InChI=1S/C16H29NO3/c1-2-4-15(5-3-1)18-11-10-17-14-6-8-16(9-7-14)19-12-13-20-16/h14-15,17H,1-13H2. The highest BCUT2D eigenvalue weighted by atomic mass is 16.7. The summed E-state index contributed by atoms with van der Waals surface area (Å²) in [5, 5.41) is 3.63. The number of hydrogen-bond acceptors (Lipinski definition) is 4. The molecule has 0 aromatic heterocycles. The lowest BCUT2D eigenvalue weighted by Gasteiger charge is -2.35. The van der Waals surface area contributed by atoms with Crippen LogP contribution in [0.1, 0.15) is 57.8 Å². The Kier molecular flexibility index (Phi) is 5.32. The SMILES string of the molecule is C1CCC(OCCNC2CCC3(CC2)OCCO3)CC1. The minimum Gasteiger partial charge on any atom is -0.377 e. The molecule has 1 aliphatic heterocycles. The van der Waals surface area contributed by atoms with E-state index >= 15 is 0 Å². The molecule has 2 aliphatic carbocycles. The third-order valence-corrected chi connectivity index (χ3v) is 5.00. The fourth-order valence-corrected chi connectivity index (χ4v) is 3.77. The second-order valence-corrected chi connectivity index (χ2v) is 6.47. The van der Waals surface area contributed by atoms with Gasteiger partial charge in [-0.2, -0.15) is 0 Å². The average molecular weight is 283 g/mol. The molecule has 4 heteroatoms. The van der Waals surface area contributed by atoms with Crippen molar-refractivity contribution < 1.29 is 14.2 Å². The minimum atomic E-state index is -0.225. The summed E-state index contributed by atoms with van der Waals surface area (Å²) in [5.41, 5.74) is 0. The van der Waals surface area contributed by atoms with Crippen LogP contribution in [0, 0.1) is 0 Å². The van der Waals surface area contributed by atoms with Crippen molar-refractivity contribution in [3.05, 3.63) is 0 Å². The summed E-state index contributed by atoms with van der Waals surface area (Å²) in [7, 11) is 0. The average Bonchev–Trinajstić information content (AvgIpc) is 2.95. The second-order valence-electron chi connectivity index (χ2n) is 6.47. The van der Waals surface area contributed by atoms with Crippen LogP contribution in [0.5, 0.6) is 0 Å². The zero-order chi connectivity index (χ0) is 13.7. The van der Waals surface area contributed by atoms with Gasteiger partial charge in [0.2, 0.25) is 0 Å². The third kappa shape index (κ3) is 3.94. The Morgan fingerprint density at radius 2 is 1.65 bits per heavy atom. The molecule has 0 bridgehead atoms. The van der Waals surface area contributed by atoms with Gasteiger partial charge in [-0.25, -0.2) is 0 Å². The van der Waals surface area contributed by atoms with Crippen molar-refractivity contribution in [2.75, 3.05) is 26.4 Å². The Morgan fingerprint density at radius 1 is 0.950 bits per heavy atom. The van der Waals surface area contributed by atoms with Gasteiger partial charge in [0.1, 0.15) is 0 Å². The zero-order valence-corrected chi connectivity index (χ0v) is 12.6. The van der Waals surface area contributed by atoms with E-state index in [-0.39, 0.29) is 5.79 Å². The summed E-state index contributed by atoms with van der Waals surface area (Å²) in [6.07, 6.45) is 11.5. The maximum Gasteiger partial charge on any atom is 0.168 e. The van der Waals surface area contributed by atoms with Gasteiger partial charge in [0.15, 0.2) is 5.79 Å². The first-order chi connectivity index (χ1) is 9.86. The van der Waals surface area contributed by atoms with Crippen LogP contribution in [-0.4, -0.2) is 44.3 Å². The molecule has 4 nitrogen and oxygen atoms in total. The number of hydrogen-bond donors (Lipinski definition) is 1. The zero-order valence-electron chi connectivity index (χ0n) is 12.6. The molecule has 3 fully saturated rings. The van der Waals surface area contributed by atoms with Gasteiger partial charge in [-0.05, 0) is 25.7 Å². The smallest absolute Gasteiger partial charge is 0.168 e. The first kappa shape index (κ1) is 14.8. The molecule has 0 amide bonds. The molecule has 0 aromatic carbocycles. The van der Waals surface area contributed by atoms with Crippen molar-refractivity contribution in [1.29, 1.82) is 0 Å². The monoisotopic (exact) mass is 283 g/mol. The van der Waals surface area contributed by atoms with E-state index in [1.54, 1.807) is 0 Å². The fraction of sp³-hybridized carbons (Fsp3) is 1.00. The Bertz CT molecular complexity index is 275. The number of rotatable bonds is 5. The summed E-state index contributed by atoms with van der Waals surface area (Å²) in [6.45, 7) is 3.38. The van der Waals surface area contributed by atoms with Crippen molar-refractivity contribution >= 4 is 0 Å². The van der Waals surface area contributed by atoms with Crippen molar-refractivity contribution in [2.24, 2.45) is 0 Å². The van der Waals surface area contributed by atoms with Gasteiger partial charge in [-0.1, -0.05) is 19.3 Å². The molecule has 1 N–H and O–H groups in total. The van der Waals surface area contributed by atoms with Crippen LogP contribution in [0.2, 0.25) is 0 Å². The van der Waals surface area contributed by atoms with Gasteiger partial charge in [0.05, 0.1) is 25.9 Å². The highest BCUT2D eigenvalue weighted by Crippen LogP contribution is 2.35. The summed E-state index contributed by atoms with van der Waals surface area (Å²) >= 11 is 0. The van der Waals surface area contributed by atoms with Crippen molar-refractivity contribution in [2.45, 2.75) is 75.7 Å².